The Morgan fingerprint density at radius 1 is 1.05 bits per heavy atom. The van der Waals surface area contributed by atoms with Gasteiger partial charge in [-0.3, -0.25) is 0 Å². The highest BCUT2D eigenvalue weighted by Crippen LogP contribution is 2.22. The molecule has 3 rings (SSSR count). The zero-order valence-electron chi connectivity index (χ0n) is 11.8. The van der Waals surface area contributed by atoms with E-state index in [1.54, 1.807) is 18.5 Å². The van der Waals surface area contributed by atoms with E-state index < -0.39 is 0 Å². The van der Waals surface area contributed by atoms with Gasteiger partial charge in [-0.05, 0) is 42.7 Å². The molecule has 2 aromatic carbocycles. The van der Waals surface area contributed by atoms with Crippen molar-refractivity contribution in [3.8, 4) is 0 Å². The first-order valence-electron chi connectivity index (χ1n) is 6.93. The minimum Gasteiger partial charge on any atom is -0.369 e. The summed E-state index contributed by atoms with van der Waals surface area (Å²) in [5, 5.41) is 4.40. The van der Waals surface area contributed by atoms with Gasteiger partial charge in [0.05, 0.1) is 5.52 Å². The molecule has 3 aromatic rings. The monoisotopic (exact) mass is 281 g/mol. The van der Waals surface area contributed by atoms with Gasteiger partial charge in [-0.15, -0.1) is 0 Å². The van der Waals surface area contributed by atoms with Crippen LogP contribution in [0.2, 0.25) is 0 Å². The van der Waals surface area contributed by atoms with Crippen LogP contribution >= 0.6 is 0 Å². The van der Waals surface area contributed by atoms with E-state index in [0.717, 1.165) is 40.8 Å². The van der Waals surface area contributed by atoms with E-state index in [2.05, 4.69) is 28.3 Å². The number of hydrogen-bond acceptors (Lipinski definition) is 3. The Morgan fingerprint density at radius 2 is 1.86 bits per heavy atom. The van der Waals surface area contributed by atoms with Gasteiger partial charge >= 0.3 is 0 Å². The minimum atomic E-state index is -0.205. The van der Waals surface area contributed by atoms with E-state index in [0.29, 0.717) is 0 Å². The van der Waals surface area contributed by atoms with E-state index >= 15 is 0 Å². The van der Waals surface area contributed by atoms with Crippen LogP contribution in [0.5, 0.6) is 0 Å². The fraction of sp³-hybridized carbons (Fsp3) is 0.176. The number of aryl methyl sites for hydroxylation is 1. The lowest BCUT2D eigenvalue weighted by Gasteiger charge is -2.10. The van der Waals surface area contributed by atoms with Crippen LogP contribution in [0.3, 0.4) is 0 Å². The SMILES string of the molecule is Cc1cccc2ncnc(NCCc3ccc(F)cc3)c12. The summed E-state index contributed by atoms with van der Waals surface area (Å²) < 4.78 is 12.9. The van der Waals surface area contributed by atoms with Gasteiger partial charge in [0.25, 0.3) is 0 Å². The molecule has 0 unspecified atom stereocenters. The molecule has 0 aliphatic carbocycles. The summed E-state index contributed by atoms with van der Waals surface area (Å²) in [6.45, 7) is 2.79. The molecular weight excluding hydrogens is 265 g/mol. The highest BCUT2D eigenvalue weighted by atomic mass is 19.1. The standard InChI is InChI=1S/C17H16FN3/c1-12-3-2-4-15-16(12)17(21-11-20-15)19-10-9-13-5-7-14(18)8-6-13/h2-8,11H,9-10H2,1H3,(H,19,20,21). The second-order valence-electron chi connectivity index (χ2n) is 4.99. The van der Waals surface area contributed by atoms with Gasteiger partial charge in [0.2, 0.25) is 0 Å². The van der Waals surface area contributed by atoms with Crippen LogP contribution in [0.25, 0.3) is 10.9 Å². The number of anilines is 1. The molecule has 0 amide bonds. The van der Waals surface area contributed by atoms with Crippen LogP contribution < -0.4 is 5.32 Å². The van der Waals surface area contributed by atoms with Crippen molar-refractivity contribution in [3.05, 3.63) is 65.7 Å². The number of benzene rings is 2. The van der Waals surface area contributed by atoms with Crippen LogP contribution in [0.4, 0.5) is 10.2 Å². The lowest BCUT2D eigenvalue weighted by molar-refractivity contribution is 0.627. The quantitative estimate of drug-likeness (QED) is 0.791. The Balaban J connectivity index is 1.75. The van der Waals surface area contributed by atoms with Crippen molar-refractivity contribution in [1.82, 2.24) is 9.97 Å². The molecule has 1 heterocycles. The molecule has 0 radical (unpaired) electrons. The molecule has 0 aliphatic rings. The molecule has 0 saturated heterocycles. The molecule has 0 aliphatic heterocycles. The maximum Gasteiger partial charge on any atom is 0.137 e. The van der Waals surface area contributed by atoms with Gasteiger partial charge < -0.3 is 5.32 Å². The number of halogens is 1. The molecule has 1 aromatic heterocycles. The molecule has 106 valence electrons. The molecule has 0 atom stereocenters. The van der Waals surface area contributed by atoms with Crippen molar-refractivity contribution in [2.45, 2.75) is 13.3 Å². The smallest absolute Gasteiger partial charge is 0.137 e. The summed E-state index contributed by atoms with van der Waals surface area (Å²) >= 11 is 0. The molecule has 3 nitrogen and oxygen atoms in total. The summed E-state index contributed by atoms with van der Waals surface area (Å²) in [5.41, 5.74) is 3.19. The van der Waals surface area contributed by atoms with E-state index in [-0.39, 0.29) is 5.82 Å². The van der Waals surface area contributed by atoms with Gasteiger partial charge in [0.15, 0.2) is 0 Å². The molecule has 0 saturated carbocycles. The van der Waals surface area contributed by atoms with E-state index in [9.17, 15) is 4.39 Å². The van der Waals surface area contributed by atoms with Crippen LogP contribution in [0.1, 0.15) is 11.1 Å². The molecular formula is C17H16FN3. The second-order valence-corrected chi connectivity index (χ2v) is 4.99. The summed E-state index contributed by atoms with van der Waals surface area (Å²) in [7, 11) is 0. The zero-order valence-corrected chi connectivity index (χ0v) is 11.8. The lowest BCUT2D eigenvalue weighted by Crippen LogP contribution is -2.07. The zero-order chi connectivity index (χ0) is 14.7. The van der Waals surface area contributed by atoms with Gasteiger partial charge in [-0.1, -0.05) is 24.3 Å². The Labute approximate surface area is 122 Å². The van der Waals surface area contributed by atoms with Crippen LogP contribution in [0.15, 0.2) is 48.8 Å². The molecule has 0 fully saturated rings. The summed E-state index contributed by atoms with van der Waals surface area (Å²) in [6, 6.07) is 12.6. The second kappa shape index (κ2) is 5.87. The van der Waals surface area contributed by atoms with Crippen molar-refractivity contribution in [3.63, 3.8) is 0 Å². The third kappa shape index (κ3) is 2.99. The van der Waals surface area contributed by atoms with Crippen molar-refractivity contribution >= 4 is 16.7 Å². The number of nitrogens with one attached hydrogen (secondary N) is 1. The van der Waals surface area contributed by atoms with Gasteiger partial charge in [0.1, 0.15) is 18.0 Å². The van der Waals surface area contributed by atoms with E-state index in [4.69, 9.17) is 0 Å². The normalized spacial score (nSPS) is 10.8. The number of nitrogens with zero attached hydrogens (tertiary/aromatic N) is 2. The Hall–Kier alpha value is -2.49. The van der Waals surface area contributed by atoms with Crippen molar-refractivity contribution in [2.24, 2.45) is 0 Å². The van der Waals surface area contributed by atoms with E-state index in [1.165, 1.54) is 12.1 Å². The number of fused-ring (bicyclic) bond motifs is 1. The van der Waals surface area contributed by atoms with Gasteiger partial charge in [0, 0.05) is 11.9 Å². The predicted octanol–water partition coefficient (Wildman–Crippen LogP) is 3.73. The average Bonchev–Trinajstić information content (AvgIpc) is 2.50. The molecule has 21 heavy (non-hydrogen) atoms. The molecule has 4 heteroatoms. The first-order valence-corrected chi connectivity index (χ1v) is 6.93. The maximum atomic E-state index is 12.9. The first kappa shape index (κ1) is 13.5. The third-order valence-electron chi connectivity index (χ3n) is 3.49. The van der Waals surface area contributed by atoms with Crippen molar-refractivity contribution in [1.29, 1.82) is 0 Å². The van der Waals surface area contributed by atoms with Crippen molar-refractivity contribution in [2.75, 3.05) is 11.9 Å². The highest BCUT2D eigenvalue weighted by Gasteiger charge is 2.05. The number of rotatable bonds is 4. The topological polar surface area (TPSA) is 37.8 Å². The fourth-order valence-corrected chi connectivity index (χ4v) is 2.39. The first-order chi connectivity index (χ1) is 10.2. The Kier molecular flexibility index (Phi) is 3.77. The van der Waals surface area contributed by atoms with E-state index in [1.807, 2.05) is 12.1 Å². The summed E-state index contributed by atoms with van der Waals surface area (Å²) in [4.78, 5) is 8.62. The lowest BCUT2D eigenvalue weighted by atomic mass is 10.1. The fourth-order valence-electron chi connectivity index (χ4n) is 2.39. The third-order valence-corrected chi connectivity index (χ3v) is 3.49. The van der Waals surface area contributed by atoms with Gasteiger partial charge in [-0.25, -0.2) is 14.4 Å². The molecule has 0 bridgehead atoms. The van der Waals surface area contributed by atoms with Crippen molar-refractivity contribution < 1.29 is 4.39 Å². The Bertz CT molecular complexity index is 748. The van der Waals surface area contributed by atoms with Gasteiger partial charge in [-0.2, -0.15) is 0 Å². The summed E-state index contributed by atoms with van der Waals surface area (Å²) in [6.07, 6.45) is 2.39. The maximum absolute atomic E-state index is 12.9. The molecule has 0 spiro atoms. The van der Waals surface area contributed by atoms with Crippen LogP contribution in [-0.4, -0.2) is 16.5 Å². The van der Waals surface area contributed by atoms with Crippen LogP contribution in [0, 0.1) is 12.7 Å². The predicted molar refractivity (Wildman–Crippen MR) is 82.9 cm³/mol. The Morgan fingerprint density at radius 3 is 2.67 bits per heavy atom. The largest absolute Gasteiger partial charge is 0.369 e. The highest BCUT2D eigenvalue weighted by molar-refractivity contribution is 5.91. The molecule has 1 N–H and O–H groups in total. The average molecular weight is 281 g/mol. The minimum absolute atomic E-state index is 0.205. The number of aromatic nitrogens is 2. The number of hydrogen-bond donors (Lipinski definition) is 1. The summed E-state index contributed by atoms with van der Waals surface area (Å²) in [5.74, 6) is 0.643. The van der Waals surface area contributed by atoms with Crippen LogP contribution in [-0.2, 0) is 6.42 Å².